The molecule has 42 heavy (non-hydrogen) atoms. The molecule has 0 radical (unpaired) electrons. The summed E-state index contributed by atoms with van der Waals surface area (Å²) in [6.45, 7) is -0.393. The maximum absolute atomic E-state index is 14.0. The van der Waals surface area contributed by atoms with Crippen LogP contribution in [-0.2, 0) is 22.7 Å². The van der Waals surface area contributed by atoms with E-state index in [1.165, 1.54) is 7.11 Å². The Labute approximate surface area is 255 Å². The first-order valence-corrected chi connectivity index (χ1v) is 15.0. The van der Waals surface area contributed by atoms with Crippen molar-refractivity contribution in [1.82, 2.24) is 10.2 Å². The monoisotopic (exact) mass is 618 g/mol. The van der Waals surface area contributed by atoms with Gasteiger partial charge in [0.15, 0.2) is 11.5 Å². The second-order valence-electron chi connectivity index (χ2n) is 11.1. The predicted molar refractivity (Wildman–Crippen MR) is 158 cm³/mol. The maximum Gasteiger partial charge on any atom is 0.247 e. The highest BCUT2D eigenvalue weighted by atomic mass is 35.5. The average molecular weight is 620 g/mol. The fourth-order valence-corrected chi connectivity index (χ4v) is 6.86. The van der Waals surface area contributed by atoms with E-state index < -0.39 is 30.1 Å². The number of carbonyl (C=O) groups excluding carboxylic acids is 2. The summed E-state index contributed by atoms with van der Waals surface area (Å²) in [6, 6.07) is 7.52. The van der Waals surface area contributed by atoms with Crippen LogP contribution in [0.3, 0.4) is 0 Å². The molecule has 4 N–H and O–H groups in total. The quantitative estimate of drug-likeness (QED) is 0.319. The van der Waals surface area contributed by atoms with Gasteiger partial charge in [-0.25, -0.2) is 0 Å². The highest BCUT2D eigenvalue weighted by molar-refractivity contribution is 6.35. The molecule has 2 aromatic carbocycles. The average Bonchev–Trinajstić information content (AvgIpc) is 3.64. The van der Waals surface area contributed by atoms with Gasteiger partial charge < -0.3 is 35.0 Å². The summed E-state index contributed by atoms with van der Waals surface area (Å²) >= 11 is 12.7. The molecule has 1 fully saturated rings. The van der Waals surface area contributed by atoms with Gasteiger partial charge in [-0.3, -0.25) is 9.59 Å². The van der Waals surface area contributed by atoms with Crippen LogP contribution >= 0.6 is 23.2 Å². The lowest BCUT2D eigenvalue weighted by Gasteiger charge is -2.41. The molecule has 226 valence electrons. The lowest BCUT2D eigenvalue weighted by molar-refractivity contribution is -0.139. The van der Waals surface area contributed by atoms with Gasteiger partial charge in [-0.05, 0) is 60.2 Å². The number of methoxy groups -OCH3 is 1. The van der Waals surface area contributed by atoms with Crippen molar-refractivity contribution < 1.29 is 34.4 Å². The molecule has 1 heterocycles. The fourth-order valence-electron chi connectivity index (χ4n) is 6.39. The molecule has 0 bridgehead atoms. The van der Waals surface area contributed by atoms with Crippen LogP contribution in [0.5, 0.6) is 11.5 Å². The Morgan fingerprint density at radius 3 is 2.57 bits per heavy atom. The predicted octanol–water partition coefficient (Wildman–Crippen LogP) is 3.73. The number of nitrogens with one attached hydrogen (secondary N) is 1. The zero-order valence-electron chi connectivity index (χ0n) is 23.4. The van der Waals surface area contributed by atoms with Gasteiger partial charge in [0.25, 0.3) is 0 Å². The van der Waals surface area contributed by atoms with E-state index in [1.807, 2.05) is 0 Å². The van der Waals surface area contributed by atoms with Crippen LogP contribution in [0.4, 0.5) is 0 Å². The second-order valence-corrected chi connectivity index (χ2v) is 12.0. The fraction of sp³-hybridized carbons (Fsp3) is 0.484. The molecule has 2 amide bonds. The number of amides is 2. The van der Waals surface area contributed by atoms with Crippen molar-refractivity contribution in [2.45, 2.75) is 69.4 Å². The Morgan fingerprint density at radius 2 is 1.90 bits per heavy atom. The first-order chi connectivity index (χ1) is 20.2. The number of hydrogen-bond donors (Lipinski definition) is 4. The van der Waals surface area contributed by atoms with Gasteiger partial charge in [-0.15, -0.1) is 0 Å². The minimum absolute atomic E-state index is 0.0270. The van der Waals surface area contributed by atoms with Crippen molar-refractivity contribution in [1.29, 1.82) is 0 Å². The summed E-state index contributed by atoms with van der Waals surface area (Å²) in [5.41, 5.74) is 2.10. The molecule has 2 aliphatic carbocycles. The van der Waals surface area contributed by atoms with E-state index in [1.54, 1.807) is 41.3 Å². The van der Waals surface area contributed by atoms with Gasteiger partial charge in [0.1, 0.15) is 12.2 Å². The molecule has 0 saturated heterocycles. The van der Waals surface area contributed by atoms with Gasteiger partial charge in [0, 0.05) is 40.7 Å². The van der Waals surface area contributed by atoms with Crippen LogP contribution in [0.2, 0.25) is 10.0 Å². The number of carbonyl (C=O) groups is 2. The summed E-state index contributed by atoms with van der Waals surface area (Å²) in [7, 11) is 1.48. The Morgan fingerprint density at radius 1 is 1.14 bits per heavy atom. The standard InChI is InChI=1S/C31H36Cl2N2O7/c1-41-25-11-18(16-37)10-21-27-22(31(40)34-8-9-36)14-24(28(39)30(27)42-29(21)25)35(26(38)12-17-4-2-3-5-17)15-19-6-7-20(32)13-23(19)33/h6-7,10-11,13-14,17,24,27-28,30,36-37,39H,2-5,8-9,12,15-16H2,1H3,(H,34,40)/t24-,27+,28+,30+/m1/s1. The van der Waals surface area contributed by atoms with Crippen LogP contribution in [0.1, 0.15) is 54.7 Å². The van der Waals surface area contributed by atoms with Crippen molar-refractivity contribution >= 4 is 35.0 Å². The van der Waals surface area contributed by atoms with Crippen molar-refractivity contribution in [2.75, 3.05) is 20.3 Å². The molecular weight excluding hydrogens is 583 g/mol. The Kier molecular flexibility index (Phi) is 9.64. The van der Waals surface area contributed by atoms with E-state index in [-0.39, 0.29) is 38.1 Å². The highest BCUT2D eigenvalue weighted by Crippen LogP contribution is 2.51. The largest absolute Gasteiger partial charge is 0.493 e. The van der Waals surface area contributed by atoms with Gasteiger partial charge in [0.2, 0.25) is 11.8 Å². The molecule has 11 heteroatoms. The second kappa shape index (κ2) is 13.2. The van der Waals surface area contributed by atoms with E-state index in [0.29, 0.717) is 50.2 Å². The lowest BCUT2D eigenvalue weighted by Crippen LogP contribution is -2.55. The first-order valence-electron chi connectivity index (χ1n) is 14.3. The molecule has 1 saturated carbocycles. The topological polar surface area (TPSA) is 129 Å². The minimum Gasteiger partial charge on any atom is -0.493 e. The smallest absolute Gasteiger partial charge is 0.247 e. The SMILES string of the molecule is COc1cc(CO)cc2c1O[C@@H]1[C@@H](O)[C@H](N(Cc3ccc(Cl)cc3Cl)C(=O)CC3CCCC3)C=C(C(=O)NCCO)[C@H]21. The number of halogens is 2. The molecule has 4 atom stereocenters. The molecule has 0 unspecified atom stereocenters. The molecule has 3 aliphatic rings. The number of benzene rings is 2. The number of aliphatic hydroxyl groups excluding tert-OH is 3. The molecule has 5 rings (SSSR count). The van der Waals surface area contributed by atoms with Gasteiger partial charge in [-0.2, -0.15) is 0 Å². The number of fused-ring (bicyclic) bond motifs is 3. The van der Waals surface area contributed by atoms with Gasteiger partial charge >= 0.3 is 0 Å². The van der Waals surface area contributed by atoms with Crippen LogP contribution in [0, 0.1) is 5.92 Å². The molecule has 9 nitrogen and oxygen atoms in total. The molecule has 2 aromatic rings. The van der Waals surface area contributed by atoms with Crippen LogP contribution < -0.4 is 14.8 Å². The summed E-state index contributed by atoms with van der Waals surface area (Å²) in [5.74, 6) is -0.317. The number of rotatable bonds is 10. The van der Waals surface area contributed by atoms with E-state index in [0.717, 1.165) is 25.7 Å². The lowest BCUT2D eigenvalue weighted by atomic mass is 9.77. The molecule has 0 aromatic heterocycles. The maximum atomic E-state index is 14.0. The highest BCUT2D eigenvalue weighted by Gasteiger charge is 2.51. The minimum atomic E-state index is -1.21. The van der Waals surface area contributed by atoms with Gasteiger partial charge in [0.05, 0.1) is 32.3 Å². The number of ether oxygens (including phenoxy) is 2. The number of hydrogen-bond acceptors (Lipinski definition) is 7. The first kappa shape index (κ1) is 30.6. The van der Waals surface area contributed by atoms with Crippen LogP contribution in [0.25, 0.3) is 0 Å². The Hall–Kier alpha value is -2.82. The number of aliphatic hydroxyl groups is 3. The number of nitrogens with zero attached hydrogens (tertiary/aromatic N) is 1. The third-order valence-corrected chi connectivity index (χ3v) is 9.06. The van der Waals surface area contributed by atoms with E-state index >= 15 is 0 Å². The third-order valence-electron chi connectivity index (χ3n) is 8.47. The zero-order chi connectivity index (χ0) is 30.0. The zero-order valence-corrected chi connectivity index (χ0v) is 24.9. The summed E-state index contributed by atoms with van der Waals surface area (Å²) < 4.78 is 11.8. The van der Waals surface area contributed by atoms with Crippen LogP contribution in [0.15, 0.2) is 42.0 Å². The van der Waals surface area contributed by atoms with Crippen molar-refractivity contribution in [3.05, 3.63) is 68.7 Å². The van der Waals surface area contributed by atoms with E-state index in [9.17, 15) is 24.9 Å². The Bertz CT molecular complexity index is 1360. The molecule has 1 aliphatic heterocycles. The van der Waals surface area contributed by atoms with E-state index in [2.05, 4.69) is 5.32 Å². The molecule has 0 spiro atoms. The third kappa shape index (κ3) is 6.12. The van der Waals surface area contributed by atoms with Gasteiger partial charge in [-0.1, -0.05) is 42.1 Å². The normalized spacial score (nSPS) is 23.0. The summed E-state index contributed by atoms with van der Waals surface area (Å²) in [4.78, 5) is 29.1. The summed E-state index contributed by atoms with van der Waals surface area (Å²) in [5, 5.41) is 34.7. The van der Waals surface area contributed by atoms with Crippen molar-refractivity contribution in [3.63, 3.8) is 0 Å². The van der Waals surface area contributed by atoms with E-state index in [4.69, 9.17) is 32.7 Å². The van der Waals surface area contributed by atoms with Crippen LogP contribution in [-0.4, -0.2) is 70.5 Å². The summed E-state index contributed by atoms with van der Waals surface area (Å²) in [6.07, 6.45) is 3.91. The van der Waals surface area contributed by atoms with Crippen molar-refractivity contribution in [2.24, 2.45) is 5.92 Å². The Balaban J connectivity index is 1.58. The van der Waals surface area contributed by atoms with Crippen molar-refractivity contribution in [3.8, 4) is 11.5 Å². The molecular formula is C31H36Cl2N2O7.